The third-order valence-electron chi connectivity index (χ3n) is 6.22. The van der Waals surface area contributed by atoms with Crippen LogP contribution in [0.3, 0.4) is 0 Å². The lowest BCUT2D eigenvalue weighted by molar-refractivity contribution is -0.139. The zero-order chi connectivity index (χ0) is 21.9. The van der Waals surface area contributed by atoms with Gasteiger partial charge < -0.3 is 20.9 Å². The number of carbonyl (C=O) groups excluding carboxylic acids is 2. The number of methoxy groups -OCH3 is 2. The number of allylic oxidation sites excluding steroid dienone is 2. The molecule has 3 atom stereocenters. The Morgan fingerprint density at radius 3 is 2.47 bits per heavy atom. The van der Waals surface area contributed by atoms with Crippen molar-refractivity contribution < 1.29 is 23.5 Å². The highest BCUT2D eigenvalue weighted by Crippen LogP contribution is 2.49. The predicted octanol–water partition coefficient (Wildman–Crippen LogP) is 1.48. The molecule has 7 nitrogen and oxygen atoms in total. The van der Waals surface area contributed by atoms with Crippen LogP contribution < -0.4 is 11.5 Å². The second-order valence-electron chi connectivity index (χ2n) is 7.83. The SMILES string of the molecule is COC1=CC=C(C(N)=O)CC1(C(N)=O)C1CCN(Cc2ccc(F)cc2)CC1OC. The van der Waals surface area contributed by atoms with E-state index in [4.69, 9.17) is 20.9 Å². The largest absolute Gasteiger partial charge is 0.500 e. The Balaban J connectivity index is 1.86. The second-order valence-corrected chi connectivity index (χ2v) is 7.83. The number of amides is 2. The van der Waals surface area contributed by atoms with E-state index in [1.807, 2.05) is 0 Å². The molecule has 0 bridgehead atoms. The van der Waals surface area contributed by atoms with Crippen LogP contribution in [0.2, 0.25) is 0 Å². The lowest BCUT2D eigenvalue weighted by Gasteiger charge is -2.48. The first kappa shape index (κ1) is 22.0. The van der Waals surface area contributed by atoms with Crippen LogP contribution >= 0.6 is 0 Å². The number of nitrogens with two attached hydrogens (primary N) is 2. The van der Waals surface area contributed by atoms with Crippen molar-refractivity contribution in [3.05, 3.63) is 59.1 Å². The van der Waals surface area contributed by atoms with E-state index in [9.17, 15) is 14.0 Å². The molecule has 1 fully saturated rings. The summed E-state index contributed by atoms with van der Waals surface area (Å²) >= 11 is 0. The Bertz CT molecular complexity index is 868. The van der Waals surface area contributed by atoms with Gasteiger partial charge >= 0.3 is 0 Å². The molecule has 2 aliphatic rings. The van der Waals surface area contributed by atoms with Gasteiger partial charge in [0.25, 0.3) is 0 Å². The van der Waals surface area contributed by atoms with Crippen molar-refractivity contribution in [2.24, 2.45) is 22.8 Å². The quantitative estimate of drug-likeness (QED) is 0.699. The van der Waals surface area contributed by atoms with Gasteiger partial charge in [-0.2, -0.15) is 0 Å². The Labute approximate surface area is 175 Å². The highest BCUT2D eigenvalue weighted by atomic mass is 19.1. The highest BCUT2D eigenvalue weighted by Gasteiger charge is 2.54. The molecule has 8 heteroatoms. The number of piperidine rings is 1. The van der Waals surface area contributed by atoms with Gasteiger partial charge in [-0.1, -0.05) is 18.2 Å². The van der Waals surface area contributed by atoms with Gasteiger partial charge in [0.15, 0.2) is 0 Å². The second kappa shape index (κ2) is 8.97. The van der Waals surface area contributed by atoms with Crippen LogP contribution in [0.25, 0.3) is 0 Å². The van der Waals surface area contributed by atoms with Gasteiger partial charge in [-0.15, -0.1) is 0 Å². The third-order valence-corrected chi connectivity index (χ3v) is 6.22. The summed E-state index contributed by atoms with van der Waals surface area (Å²) in [7, 11) is 3.08. The molecule has 1 heterocycles. The molecule has 3 unspecified atom stereocenters. The van der Waals surface area contributed by atoms with Crippen LogP contribution in [0, 0.1) is 17.2 Å². The number of halogens is 1. The number of nitrogens with zero attached hydrogens (tertiary/aromatic N) is 1. The molecule has 30 heavy (non-hydrogen) atoms. The lowest BCUT2D eigenvalue weighted by Crippen LogP contribution is -2.56. The van der Waals surface area contributed by atoms with Gasteiger partial charge in [-0.25, -0.2) is 4.39 Å². The normalized spacial score (nSPS) is 27.2. The molecule has 1 saturated heterocycles. The Morgan fingerprint density at radius 2 is 1.90 bits per heavy atom. The van der Waals surface area contributed by atoms with E-state index in [1.165, 1.54) is 19.2 Å². The average Bonchev–Trinajstić information content (AvgIpc) is 2.74. The first-order chi connectivity index (χ1) is 14.3. The Hall–Kier alpha value is -2.71. The van der Waals surface area contributed by atoms with Crippen molar-refractivity contribution in [3.8, 4) is 0 Å². The van der Waals surface area contributed by atoms with Crippen LogP contribution in [-0.2, 0) is 25.6 Å². The standard InChI is InChI=1S/C22H28FN3O4/c1-29-18-13-26(12-14-3-6-16(23)7-4-14)10-9-17(18)22(21(25)28)11-15(20(24)27)5-8-19(22)30-2/h3-8,17-18H,9-13H2,1-2H3,(H2,24,27)(H2,25,28). The van der Waals surface area contributed by atoms with Gasteiger partial charge in [-0.05, 0) is 43.2 Å². The monoisotopic (exact) mass is 417 g/mol. The predicted molar refractivity (Wildman–Crippen MR) is 109 cm³/mol. The minimum Gasteiger partial charge on any atom is -0.500 e. The number of primary amides is 2. The Kier molecular flexibility index (Phi) is 6.58. The smallest absolute Gasteiger partial charge is 0.244 e. The van der Waals surface area contributed by atoms with E-state index < -0.39 is 17.2 Å². The molecule has 3 rings (SSSR count). The zero-order valence-electron chi connectivity index (χ0n) is 17.3. The third kappa shape index (κ3) is 4.11. The van der Waals surface area contributed by atoms with E-state index in [0.29, 0.717) is 37.4 Å². The first-order valence-corrected chi connectivity index (χ1v) is 9.86. The van der Waals surface area contributed by atoms with Crippen LogP contribution in [0.5, 0.6) is 0 Å². The lowest BCUT2D eigenvalue weighted by atomic mass is 9.62. The molecule has 0 saturated carbocycles. The van der Waals surface area contributed by atoms with Gasteiger partial charge in [0.2, 0.25) is 11.8 Å². The molecule has 162 valence electrons. The fraction of sp³-hybridized carbons (Fsp3) is 0.455. The van der Waals surface area contributed by atoms with E-state index in [2.05, 4.69) is 4.90 Å². The summed E-state index contributed by atoms with van der Waals surface area (Å²) in [6, 6.07) is 6.39. The topological polar surface area (TPSA) is 108 Å². The maximum Gasteiger partial charge on any atom is 0.244 e. The fourth-order valence-electron chi connectivity index (χ4n) is 4.67. The van der Waals surface area contributed by atoms with Crippen LogP contribution in [0.1, 0.15) is 18.4 Å². The molecule has 0 spiro atoms. The van der Waals surface area contributed by atoms with E-state index >= 15 is 0 Å². The maximum absolute atomic E-state index is 13.2. The van der Waals surface area contributed by atoms with Crippen LogP contribution in [0.4, 0.5) is 4.39 Å². The minimum atomic E-state index is -1.21. The molecule has 2 amide bonds. The van der Waals surface area contributed by atoms with Crippen molar-refractivity contribution in [2.45, 2.75) is 25.5 Å². The summed E-state index contributed by atoms with van der Waals surface area (Å²) in [6.45, 7) is 1.87. The number of likely N-dealkylation sites (tertiary alicyclic amines) is 1. The van der Waals surface area contributed by atoms with Gasteiger partial charge in [0.05, 0.1) is 13.2 Å². The van der Waals surface area contributed by atoms with Crippen molar-refractivity contribution in [2.75, 3.05) is 27.3 Å². The molecule has 1 aromatic rings. The number of rotatable bonds is 7. The van der Waals surface area contributed by atoms with Gasteiger partial charge in [0, 0.05) is 31.7 Å². The summed E-state index contributed by atoms with van der Waals surface area (Å²) in [5.41, 5.74) is 11.5. The zero-order valence-corrected chi connectivity index (χ0v) is 17.3. The number of hydrogen-bond acceptors (Lipinski definition) is 5. The number of hydrogen-bond donors (Lipinski definition) is 2. The number of ether oxygens (including phenoxy) is 2. The van der Waals surface area contributed by atoms with Crippen molar-refractivity contribution >= 4 is 11.8 Å². The molecule has 0 aromatic heterocycles. The molecule has 0 radical (unpaired) electrons. The highest BCUT2D eigenvalue weighted by molar-refractivity contribution is 5.95. The summed E-state index contributed by atoms with van der Waals surface area (Å²) in [5, 5.41) is 0. The maximum atomic E-state index is 13.2. The van der Waals surface area contributed by atoms with Crippen molar-refractivity contribution in [3.63, 3.8) is 0 Å². The Morgan fingerprint density at radius 1 is 1.20 bits per heavy atom. The first-order valence-electron chi connectivity index (χ1n) is 9.86. The van der Waals surface area contributed by atoms with Gasteiger partial charge in [-0.3, -0.25) is 14.5 Å². The van der Waals surface area contributed by atoms with Gasteiger partial charge in [0.1, 0.15) is 17.0 Å². The van der Waals surface area contributed by atoms with Crippen molar-refractivity contribution in [1.29, 1.82) is 0 Å². The number of benzene rings is 1. The summed E-state index contributed by atoms with van der Waals surface area (Å²) < 4.78 is 24.5. The van der Waals surface area contributed by atoms with Crippen LogP contribution in [0.15, 0.2) is 47.7 Å². The fourth-order valence-corrected chi connectivity index (χ4v) is 4.67. The van der Waals surface area contributed by atoms with Crippen molar-refractivity contribution in [1.82, 2.24) is 4.90 Å². The van der Waals surface area contributed by atoms with E-state index in [-0.39, 0.29) is 24.3 Å². The summed E-state index contributed by atoms with van der Waals surface area (Å²) in [6.07, 6.45) is 3.55. The summed E-state index contributed by atoms with van der Waals surface area (Å²) in [5.74, 6) is -1.31. The molecule has 1 aliphatic heterocycles. The molecular weight excluding hydrogens is 389 g/mol. The molecular formula is C22H28FN3O4. The summed E-state index contributed by atoms with van der Waals surface area (Å²) in [4.78, 5) is 26.8. The molecule has 1 aliphatic carbocycles. The molecule has 1 aromatic carbocycles. The van der Waals surface area contributed by atoms with E-state index in [0.717, 1.165) is 5.56 Å². The molecule has 4 N–H and O–H groups in total. The minimum absolute atomic E-state index is 0.0832. The number of carbonyl (C=O) groups is 2. The van der Waals surface area contributed by atoms with Crippen LogP contribution in [-0.4, -0.2) is 50.1 Å². The van der Waals surface area contributed by atoms with E-state index in [1.54, 1.807) is 31.4 Å². The average molecular weight is 417 g/mol.